The molecule has 1 atom stereocenters. The third kappa shape index (κ3) is 3.06. The van der Waals surface area contributed by atoms with Gasteiger partial charge in [0.2, 0.25) is 0 Å². The lowest BCUT2D eigenvalue weighted by atomic mass is 9.91. The maximum Gasteiger partial charge on any atom is 0.163 e. The second-order valence-electron chi connectivity index (χ2n) is 5.31. The van der Waals surface area contributed by atoms with Gasteiger partial charge in [-0.15, -0.1) is 0 Å². The topological polar surface area (TPSA) is 30.5 Å². The third-order valence-corrected chi connectivity index (χ3v) is 4.13. The minimum atomic E-state index is -0.222. The van der Waals surface area contributed by atoms with Gasteiger partial charge in [-0.25, -0.2) is 4.39 Å². The number of halogens is 1. The molecule has 1 N–H and O–H groups in total. The lowest BCUT2D eigenvalue weighted by molar-refractivity contribution is 0.339. The van der Waals surface area contributed by atoms with Crippen LogP contribution in [-0.2, 0) is 0 Å². The van der Waals surface area contributed by atoms with Crippen LogP contribution in [0.1, 0.15) is 44.2 Å². The highest BCUT2D eigenvalue weighted by atomic mass is 19.1. The van der Waals surface area contributed by atoms with E-state index in [-0.39, 0.29) is 11.9 Å². The molecule has 1 saturated carbocycles. The van der Waals surface area contributed by atoms with E-state index in [9.17, 15) is 4.39 Å². The van der Waals surface area contributed by atoms with Gasteiger partial charge < -0.3 is 14.8 Å². The maximum atomic E-state index is 14.4. The Bertz CT molecular complexity index is 444. The van der Waals surface area contributed by atoms with Crippen LogP contribution in [0.25, 0.3) is 0 Å². The van der Waals surface area contributed by atoms with Crippen molar-refractivity contribution in [3.05, 3.63) is 23.5 Å². The van der Waals surface area contributed by atoms with E-state index in [1.165, 1.54) is 26.0 Å². The molecule has 0 saturated heterocycles. The van der Waals surface area contributed by atoms with Gasteiger partial charge in [-0.05, 0) is 31.4 Å². The minimum Gasteiger partial charge on any atom is -0.493 e. The Balaban J connectivity index is 2.36. The fourth-order valence-corrected chi connectivity index (χ4v) is 3.15. The number of hydrogen-bond acceptors (Lipinski definition) is 3. The molecule has 0 aliphatic heterocycles. The van der Waals surface area contributed by atoms with E-state index in [0.29, 0.717) is 23.0 Å². The normalized spacial score (nSPS) is 17.2. The van der Waals surface area contributed by atoms with E-state index in [1.807, 2.05) is 0 Å². The number of ether oxygens (including phenoxy) is 2. The molecule has 112 valence electrons. The molecular weight excluding hydrogens is 257 g/mol. The van der Waals surface area contributed by atoms with Crippen LogP contribution in [0.3, 0.4) is 0 Å². The highest BCUT2D eigenvalue weighted by Crippen LogP contribution is 2.39. The van der Waals surface area contributed by atoms with E-state index in [1.54, 1.807) is 13.2 Å². The summed E-state index contributed by atoms with van der Waals surface area (Å²) in [5.41, 5.74) is 0.691. The van der Waals surface area contributed by atoms with Crippen LogP contribution in [-0.4, -0.2) is 20.8 Å². The minimum absolute atomic E-state index is 0.0577. The van der Waals surface area contributed by atoms with Crippen molar-refractivity contribution in [1.82, 2.24) is 5.32 Å². The average molecular weight is 281 g/mol. The summed E-state index contributed by atoms with van der Waals surface area (Å²) in [5.74, 6) is 1.31. The lowest BCUT2D eigenvalue weighted by Crippen LogP contribution is -2.27. The zero-order valence-electron chi connectivity index (χ0n) is 12.5. The summed E-state index contributed by atoms with van der Waals surface area (Å²) in [7, 11) is 3.10. The van der Waals surface area contributed by atoms with E-state index in [0.717, 1.165) is 19.4 Å². The number of rotatable bonds is 6. The summed E-state index contributed by atoms with van der Waals surface area (Å²) >= 11 is 0. The van der Waals surface area contributed by atoms with Gasteiger partial charge in [0.05, 0.1) is 14.2 Å². The van der Waals surface area contributed by atoms with Crippen LogP contribution in [0.5, 0.6) is 11.5 Å². The van der Waals surface area contributed by atoms with Crippen molar-refractivity contribution in [2.75, 3.05) is 20.8 Å². The van der Waals surface area contributed by atoms with Gasteiger partial charge in [0.25, 0.3) is 0 Å². The average Bonchev–Trinajstić information content (AvgIpc) is 2.98. The first-order valence-electron chi connectivity index (χ1n) is 7.36. The van der Waals surface area contributed by atoms with Crippen molar-refractivity contribution >= 4 is 0 Å². The fourth-order valence-electron chi connectivity index (χ4n) is 3.15. The van der Waals surface area contributed by atoms with Gasteiger partial charge in [0, 0.05) is 17.7 Å². The van der Waals surface area contributed by atoms with E-state index in [2.05, 4.69) is 12.2 Å². The molecule has 4 heteroatoms. The van der Waals surface area contributed by atoms with Crippen molar-refractivity contribution in [3.8, 4) is 11.5 Å². The zero-order valence-corrected chi connectivity index (χ0v) is 12.5. The molecule has 1 aliphatic carbocycles. The fraction of sp³-hybridized carbons (Fsp3) is 0.625. The summed E-state index contributed by atoms with van der Waals surface area (Å²) in [6.45, 7) is 2.88. The highest BCUT2D eigenvalue weighted by molar-refractivity contribution is 5.45. The van der Waals surface area contributed by atoms with Crippen molar-refractivity contribution in [2.24, 2.45) is 5.92 Å². The molecule has 1 fully saturated rings. The van der Waals surface area contributed by atoms with Crippen molar-refractivity contribution < 1.29 is 13.9 Å². The number of nitrogens with one attached hydrogen (secondary N) is 1. The van der Waals surface area contributed by atoms with Crippen LogP contribution < -0.4 is 14.8 Å². The van der Waals surface area contributed by atoms with E-state index < -0.39 is 0 Å². The molecule has 1 aromatic carbocycles. The van der Waals surface area contributed by atoms with Crippen LogP contribution in [0.4, 0.5) is 4.39 Å². The molecule has 2 rings (SSSR count). The van der Waals surface area contributed by atoms with E-state index >= 15 is 0 Å². The number of benzene rings is 1. The molecular formula is C16H24FNO2. The Morgan fingerprint density at radius 1 is 1.20 bits per heavy atom. The van der Waals surface area contributed by atoms with Crippen LogP contribution in [0, 0.1) is 11.7 Å². The van der Waals surface area contributed by atoms with Gasteiger partial charge in [0.15, 0.2) is 11.5 Å². The predicted molar refractivity (Wildman–Crippen MR) is 77.9 cm³/mol. The Hall–Kier alpha value is -1.29. The molecule has 1 aromatic rings. The Kier molecular flexibility index (Phi) is 5.24. The first-order valence-corrected chi connectivity index (χ1v) is 7.36. The number of hydrogen-bond donors (Lipinski definition) is 1. The summed E-state index contributed by atoms with van der Waals surface area (Å²) in [6, 6.07) is 3.26. The molecule has 0 bridgehead atoms. The summed E-state index contributed by atoms with van der Waals surface area (Å²) in [4.78, 5) is 0. The molecule has 1 unspecified atom stereocenters. The van der Waals surface area contributed by atoms with Gasteiger partial charge in [-0.2, -0.15) is 0 Å². The SMILES string of the molecule is CCNC(c1cc(OC)c(OC)cc1F)C1CCCC1. The smallest absolute Gasteiger partial charge is 0.163 e. The first-order chi connectivity index (χ1) is 9.71. The zero-order chi connectivity index (χ0) is 14.5. The number of methoxy groups -OCH3 is 2. The first kappa shape index (κ1) is 15.1. The Morgan fingerprint density at radius 2 is 1.80 bits per heavy atom. The largest absolute Gasteiger partial charge is 0.493 e. The Labute approximate surface area is 120 Å². The second-order valence-corrected chi connectivity index (χ2v) is 5.31. The van der Waals surface area contributed by atoms with Gasteiger partial charge >= 0.3 is 0 Å². The highest BCUT2D eigenvalue weighted by Gasteiger charge is 2.28. The molecule has 0 heterocycles. The summed E-state index contributed by atoms with van der Waals surface area (Å²) < 4.78 is 24.9. The quantitative estimate of drug-likeness (QED) is 0.862. The lowest BCUT2D eigenvalue weighted by Gasteiger charge is -2.26. The molecule has 20 heavy (non-hydrogen) atoms. The molecule has 1 aliphatic rings. The van der Waals surface area contributed by atoms with Crippen molar-refractivity contribution in [1.29, 1.82) is 0 Å². The Morgan fingerprint density at radius 3 is 2.35 bits per heavy atom. The van der Waals surface area contributed by atoms with Crippen molar-refractivity contribution in [3.63, 3.8) is 0 Å². The van der Waals surface area contributed by atoms with Crippen molar-refractivity contribution in [2.45, 2.75) is 38.6 Å². The standard InChI is InChI=1S/C16H24FNO2/c1-4-18-16(11-7-5-6-8-11)12-9-14(19-2)15(20-3)10-13(12)17/h9-11,16,18H,4-8H2,1-3H3. The molecule has 3 nitrogen and oxygen atoms in total. The molecule has 0 radical (unpaired) electrons. The van der Waals surface area contributed by atoms with Gasteiger partial charge in [-0.1, -0.05) is 19.8 Å². The van der Waals surface area contributed by atoms with E-state index in [4.69, 9.17) is 9.47 Å². The third-order valence-electron chi connectivity index (χ3n) is 4.13. The van der Waals surface area contributed by atoms with Crippen LogP contribution in [0.2, 0.25) is 0 Å². The molecule has 0 spiro atoms. The van der Waals surface area contributed by atoms with Crippen LogP contribution in [0.15, 0.2) is 12.1 Å². The van der Waals surface area contributed by atoms with Crippen LogP contribution >= 0.6 is 0 Å². The summed E-state index contributed by atoms with van der Waals surface area (Å²) in [5, 5.41) is 3.43. The van der Waals surface area contributed by atoms with Gasteiger partial charge in [0.1, 0.15) is 5.82 Å². The molecule has 0 amide bonds. The monoisotopic (exact) mass is 281 g/mol. The predicted octanol–water partition coefficient (Wildman–Crippen LogP) is 3.68. The summed E-state index contributed by atoms with van der Waals surface area (Å²) in [6.07, 6.45) is 4.79. The molecule has 0 aromatic heterocycles. The second kappa shape index (κ2) is 6.93. The maximum absolute atomic E-state index is 14.4. The van der Waals surface area contributed by atoms with Gasteiger partial charge in [-0.3, -0.25) is 0 Å².